The number of furan rings is 1. The van der Waals surface area contributed by atoms with Crippen LogP contribution in [0.4, 0.5) is 0 Å². The van der Waals surface area contributed by atoms with Gasteiger partial charge in [-0.15, -0.1) is 0 Å². The first kappa shape index (κ1) is 18.5. The number of carbonyl (C=O) groups excluding carboxylic acids is 2. The van der Waals surface area contributed by atoms with Crippen molar-refractivity contribution in [3.8, 4) is 0 Å². The molecule has 6 heteroatoms. The molecule has 2 saturated carbocycles. The lowest BCUT2D eigenvalue weighted by Gasteiger charge is -2.42. The van der Waals surface area contributed by atoms with E-state index in [1.54, 1.807) is 6.26 Å². The molecule has 6 nitrogen and oxygen atoms in total. The Morgan fingerprint density at radius 3 is 2.44 bits per heavy atom. The van der Waals surface area contributed by atoms with Crippen molar-refractivity contribution in [2.75, 3.05) is 33.2 Å². The summed E-state index contributed by atoms with van der Waals surface area (Å²) in [7, 11) is 1.87. The van der Waals surface area contributed by atoms with Crippen molar-refractivity contribution in [1.82, 2.24) is 14.7 Å². The van der Waals surface area contributed by atoms with Crippen LogP contribution in [0.3, 0.4) is 0 Å². The Bertz CT molecular complexity index is 642. The fourth-order valence-electron chi connectivity index (χ4n) is 4.68. The second-order valence-corrected chi connectivity index (χ2v) is 8.40. The van der Waals surface area contributed by atoms with Crippen molar-refractivity contribution in [3.05, 3.63) is 24.2 Å². The number of hydrogen-bond acceptors (Lipinski definition) is 4. The van der Waals surface area contributed by atoms with E-state index in [0.29, 0.717) is 18.4 Å². The van der Waals surface area contributed by atoms with Crippen LogP contribution < -0.4 is 0 Å². The maximum Gasteiger partial charge on any atom is 0.240 e. The average Bonchev–Trinajstić information content (AvgIpc) is 3.15. The minimum Gasteiger partial charge on any atom is -0.467 e. The predicted molar refractivity (Wildman–Crippen MR) is 102 cm³/mol. The zero-order chi connectivity index (χ0) is 18.8. The summed E-state index contributed by atoms with van der Waals surface area (Å²) >= 11 is 0. The molecule has 0 bridgehead atoms. The average molecular weight is 373 g/mol. The third kappa shape index (κ3) is 4.21. The number of hydrogen-bond donors (Lipinski definition) is 0. The van der Waals surface area contributed by atoms with Gasteiger partial charge in [0.25, 0.3) is 0 Å². The molecule has 3 aliphatic rings. The van der Waals surface area contributed by atoms with Gasteiger partial charge in [0.2, 0.25) is 11.8 Å². The summed E-state index contributed by atoms with van der Waals surface area (Å²) in [5.41, 5.74) is 0. The molecule has 2 aliphatic carbocycles. The molecule has 0 spiro atoms. The SMILES string of the molecule is CN(Cc1ccco1)C(=O)[C@H](C1CCCC1)N1CCN(C(=O)C2CC2)CC1. The van der Waals surface area contributed by atoms with Crippen LogP contribution in [0.25, 0.3) is 0 Å². The summed E-state index contributed by atoms with van der Waals surface area (Å²) in [5, 5.41) is 0. The maximum absolute atomic E-state index is 13.4. The lowest BCUT2D eigenvalue weighted by molar-refractivity contribution is -0.141. The molecule has 0 N–H and O–H groups in total. The van der Waals surface area contributed by atoms with Gasteiger partial charge in [0.15, 0.2) is 0 Å². The van der Waals surface area contributed by atoms with E-state index in [1.165, 1.54) is 12.8 Å². The minimum atomic E-state index is -0.0642. The number of nitrogens with zero attached hydrogens (tertiary/aromatic N) is 3. The Kier molecular flexibility index (Phi) is 5.53. The summed E-state index contributed by atoms with van der Waals surface area (Å²) < 4.78 is 5.42. The van der Waals surface area contributed by atoms with Crippen LogP contribution in [0.15, 0.2) is 22.8 Å². The standard InChI is InChI=1S/C21H31N3O3/c1-22(15-18-7-4-14-27-18)21(26)19(16-5-2-3-6-16)23-10-12-24(13-11-23)20(25)17-8-9-17/h4,7,14,16-17,19H,2-3,5-6,8-13,15H2,1H3/t19-/m0/s1. The predicted octanol–water partition coefficient (Wildman–Crippen LogP) is 2.35. The Morgan fingerprint density at radius 1 is 1.15 bits per heavy atom. The Morgan fingerprint density at radius 2 is 1.85 bits per heavy atom. The molecule has 1 aromatic heterocycles. The molecule has 0 radical (unpaired) electrons. The third-order valence-corrected chi connectivity index (χ3v) is 6.39. The Hall–Kier alpha value is -1.82. The van der Waals surface area contributed by atoms with Crippen LogP contribution in [0.5, 0.6) is 0 Å². The fourth-order valence-corrected chi connectivity index (χ4v) is 4.68. The van der Waals surface area contributed by atoms with Crippen molar-refractivity contribution in [1.29, 1.82) is 0 Å². The number of likely N-dealkylation sites (N-methyl/N-ethyl adjacent to an activating group) is 1. The maximum atomic E-state index is 13.4. The van der Waals surface area contributed by atoms with E-state index in [4.69, 9.17) is 4.42 Å². The van der Waals surface area contributed by atoms with Crippen molar-refractivity contribution < 1.29 is 14.0 Å². The van der Waals surface area contributed by atoms with Gasteiger partial charge in [-0.25, -0.2) is 0 Å². The van der Waals surface area contributed by atoms with Crippen LogP contribution in [0, 0.1) is 11.8 Å². The Balaban J connectivity index is 1.41. The molecule has 1 saturated heterocycles. The molecule has 0 unspecified atom stereocenters. The number of carbonyl (C=O) groups is 2. The first-order chi connectivity index (χ1) is 13.1. The summed E-state index contributed by atoms with van der Waals surface area (Å²) in [4.78, 5) is 31.8. The third-order valence-electron chi connectivity index (χ3n) is 6.39. The zero-order valence-corrected chi connectivity index (χ0v) is 16.3. The van der Waals surface area contributed by atoms with Crippen LogP contribution in [0.2, 0.25) is 0 Å². The van der Waals surface area contributed by atoms with Gasteiger partial charge in [-0.3, -0.25) is 14.5 Å². The van der Waals surface area contributed by atoms with Crippen LogP contribution >= 0.6 is 0 Å². The van der Waals surface area contributed by atoms with Gasteiger partial charge in [0.05, 0.1) is 18.8 Å². The van der Waals surface area contributed by atoms with Crippen LogP contribution in [-0.4, -0.2) is 65.8 Å². The highest BCUT2D eigenvalue weighted by atomic mass is 16.3. The molecule has 27 heavy (non-hydrogen) atoms. The Labute approximate surface area is 161 Å². The van der Waals surface area contributed by atoms with Gasteiger partial charge in [-0.2, -0.15) is 0 Å². The van der Waals surface area contributed by atoms with Crippen molar-refractivity contribution in [2.45, 2.75) is 51.1 Å². The number of amides is 2. The molecule has 2 amide bonds. The molecule has 2 heterocycles. The van der Waals surface area contributed by atoms with Gasteiger partial charge in [0, 0.05) is 39.1 Å². The van der Waals surface area contributed by atoms with Gasteiger partial charge in [0.1, 0.15) is 5.76 Å². The van der Waals surface area contributed by atoms with Gasteiger partial charge in [-0.05, 0) is 43.7 Å². The fraction of sp³-hybridized carbons (Fsp3) is 0.714. The summed E-state index contributed by atoms with van der Waals surface area (Å²) in [6.45, 7) is 3.64. The lowest BCUT2D eigenvalue weighted by Crippen LogP contribution is -2.58. The van der Waals surface area contributed by atoms with Gasteiger partial charge in [-0.1, -0.05) is 12.8 Å². The van der Waals surface area contributed by atoms with E-state index < -0.39 is 0 Å². The van der Waals surface area contributed by atoms with Crippen molar-refractivity contribution >= 4 is 11.8 Å². The smallest absolute Gasteiger partial charge is 0.240 e. The largest absolute Gasteiger partial charge is 0.467 e. The molecule has 0 aromatic carbocycles. The van der Waals surface area contributed by atoms with Crippen LogP contribution in [0.1, 0.15) is 44.3 Å². The quantitative estimate of drug-likeness (QED) is 0.768. The van der Waals surface area contributed by atoms with E-state index >= 15 is 0 Å². The highest BCUT2D eigenvalue weighted by Gasteiger charge is 2.40. The molecular formula is C21H31N3O3. The number of piperazine rings is 1. The molecule has 4 rings (SSSR count). The highest BCUT2D eigenvalue weighted by molar-refractivity contribution is 5.82. The summed E-state index contributed by atoms with van der Waals surface area (Å²) in [5.74, 6) is 2.05. The molecule has 1 aliphatic heterocycles. The molecular weight excluding hydrogens is 342 g/mol. The monoisotopic (exact) mass is 373 g/mol. The first-order valence-electron chi connectivity index (χ1n) is 10.4. The second-order valence-electron chi connectivity index (χ2n) is 8.40. The topological polar surface area (TPSA) is 57.0 Å². The summed E-state index contributed by atoms with van der Waals surface area (Å²) in [6.07, 6.45) is 8.46. The molecule has 1 aromatic rings. The zero-order valence-electron chi connectivity index (χ0n) is 16.3. The first-order valence-corrected chi connectivity index (χ1v) is 10.4. The molecule has 1 atom stereocenters. The van der Waals surface area contributed by atoms with E-state index in [1.807, 2.05) is 29.0 Å². The van der Waals surface area contributed by atoms with E-state index in [9.17, 15) is 9.59 Å². The van der Waals surface area contributed by atoms with E-state index in [-0.39, 0.29) is 17.9 Å². The lowest BCUT2D eigenvalue weighted by atomic mass is 9.94. The van der Waals surface area contributed by atoms with Crippen LogP contribution in [-0.2, 0) is 16.1 Å². The minimum absolute atomic E-state index is 0.0642. The number of rotatable bonds is 6. The van der Waals surface area contributed by atoms with Crippen molar-refractivity contribution in [2.24, 2.45) is 11.8 Å². The van der Waals surface area contributed by atoms with Gasteiger partial charge < -0.3 is 14.2 Å². The van der Waals surface area contributed by atoms with E-state index in [2.05, 4.69) is 4.90 Å². The summed E-state index contributed by atoms with van der Waals surface area (Å²) in [6, 6.07) is 3.71. The van der Waals surface area contributed by atoms with Crippen molar-refractivity contribution in [3.63, 3.8) is 0 Å². The van der Waals surface area contributed by atoms with Gasteiger partial charge >= 0.3 is 0 Å². The highest BCUT2D eigenvalue weighted by Crippen LogP contribution is 2.34. The second kappa shape index (κ2) is 8.05. The van der Waals surface area contributed by atoms with E-state index in [0.717, 1.165) is 57.6 Å². The normalized spacial score (nSPS) is 22.8. The molecule has 148 valence electrons. The molecule has 3 fully saturated rings.